The van der Waals surface area contributed by atoms with Crippen molar-refractivity contribution in [1.82, 2.24) is 16.0 Å². The largest absolute Gasteiger partial charge is 0.356 e. The predicted octanol–water partition coefficient (Wildman–Crippen LogP) is 0.159. The number of carbonyl (C=O) groups excluding carboxylic acids is 2. The molecular formula is C12H23N3O2. The molecule has 0 aromatic rings. The van der Waals surface area contributed by atoms with Gasteiger partial charge in [-0.1, -0.05) is 13.8 Å². The summed E-state index contributed by atoms with van der Waals surface area (Å²) in [6.07, 6.45) is 3.03. The van der Waals surface area contributed by atoms with Crippen LogP contribution >= 0.6 is 0 Å². The van der Waals surface area contributed by atoms with Crippen molar-refractivity contribution in [3.05, 3.63) is 0 Å². The molecule has 17 heavy (non-hydrogen) atoms. The van der Waals surface area contributed by atoms with Gasteiger partial charge in [0.1, 0.15) is 0 Å². The van der Waals surface area contributed by atoms with Crippen LogP contribution in [0, 0.1) is 0 Å². The van der Waals surface area contributed by atoms with Crippen molar-refractivity contribution in [2.45, 2.75) is 51.6 Å². The molecule has 98 valence electrons. The molecule has 0 aliphatic heterocycles. The molecule has 0 saturated heterocycles. The Labute approximate surface area is 103 Å². The second-order valence-electron chi connectivity index (χ2n) is 4.80. The number of carbonyl (C=O) groups is 2. The van der Waals surface area contributed by atoms with Gasteiger partial charge in [0.2, 0.25) is 11.8 Å². The molecule has 0 aromatic heterocycles. The van der Waals surface area contributed by atoms with Gasteiger partial charge in [-0.3, -0.25) is 9.59 Å². The van der Waals surface area contributed by atoms with Crippen LogP contribution < -0.4 is 16.0 Å². The molecule has 0 atom stereocenters. The van der Waals surface area contributed by atoms with E-state index in [1.807, 2.05) is 13.8 Å². The normalized spacial score (nSPS) is 14.8. The number of hydrogen-bond donors (Lipinski definition) is 3. The first kappa shape index (κ1) is 14.0. The zero-order chi connectivity index (χ0) is 12.7. The monoisotopic (exact) mass is 241 g/mol. The predicted molar refractivity (Wildman–Crippen MR) is 66.5 cm³/mol. The third-order valence-corrected chi connectivity index (χ3v) is 2.52. The Hall–Kier alpha value is -1.10. The van der Waals surface area contributed by atoms with Crippen molar-refractivity contribution >= 4 is 11.8 Å². The van der Waals surface area contributed by atoms with Crippen LogP contribution in [0.1, 0.15) is 39.5 Å². The summed E-state index contributed by atoms with van der Waals surface area (Å²) >= 11 is 0. The summed E-state index contributed by atoms with van der Waals surface area (Å²) < 4.78 is 0. The third-order valence-electron chi connectivity index (χ3n) is 2.52. The minimum absolute atomic E-state index is 0.00243. The third kappa shape index (κ3) is 7.74. The fourth-order valence-corrected chi connectivity index (χ4v) is 1.41. The summed E-state index contributed by atoms with van der Waals surface area (Å²) in [5, 5.41) is 8.79. The molecule has 0 radical (unpaired) electrons. The van der Waals surface area contributed by atoms with Gasteiger partial charge in [-0.05, 0) is 12.8 Å². The highest BCUT2D eigenvalue weighted by atomic mass is 16.2. The molecule has 5 heteroatoms. The first-order chi connectivity index (χ1) is 8.08. The standard InChI is InChI=1S/C12H23N3O2/c1-9(2)13-7-5-11(16)14-8-6-12(17)15-10-3-4-10/h9-10,13H,3-8H2,1-2H3,(H,14,16)(H,15,17). The number of hydrogen-bond acceptors (Lipinski definition) is 3. The van der Waals surface area contributed by atoms with Crippen molar-refractivity contribution in [3.63, 3.8) is 0 Å². The van der Waals surface area contributed by atoms with Gasteiger partial charge >= 0.3 is 0 Å². The lowest BCUT2D eigenvalue weighted by atomic mass is 10.3. The highest BCUT2D eigenvalue weighted by Crippen LogP contribution is 2.18. The zero-order valence-electron chi connectivity index (χ0n) is 10.7. The Balaban J connectivity index is 1.93. The number of amides is 2. The average molecular weight is 241 g/mol. The SMILES string of the molecule is CC(C)NCCC(=O)NCCC(=O)NC1CC1. The van der Waals surface area contributed by atoms with E-state index in [1.165, 1.54) is 0 Å². The van der Waals surface area contributed by atoms with Crippen molar-refractivity contribution in [3.8, 4) is 0 Å². The van der Waals surface area contributed by atoms with E-state index in [4.69, 9.17) is 0 Å². The van der Waals surface area contributed by atoms with E-state index in [2.05, 4.69) is 16.0 Å². The van der Waals surface area contributed by atoms with Crippen molar-refractivity contribution in [1.29, 1.82) is 0 Å². The van der Waals surface area contributed by atoms with Crippen molar-refractivity contribution in [2.24, 2.45) is 0 Å². The minimum Gasteiger partial charge on any atom is -0.356 e. The van der Waals surface area contributed by atoms with E-state index >= 15 is 0 Å². The first-order valence-corrected chi connectivity index (χ1v) is 6.37. The summed E-state index contributed by atoms with van der Waals surface area (Å²) in [6.45, 7) is 5.19. The highest BCUT2D eigenvalue weighted by Gasteiger charge is 2.22. The van der Waals surface area contributed by atoms with Crippen LogP contribution in [0.15, 0.2) is 0 Å². The lowest BCUT2D eigenvalue weighted by molar-refractivity contribution is -0.122. The maximum absolute atomic E-state index is 11.4. The van der Waals surface area contributed by atoms with E-state index in [0.29, 0.717) is 38.0 Å². The van der Waals surface area contributed by atoms with Gasteiger partial charge in [-0.25, -0.2) is 0 Å². The Morgan fingerprint density at radius 2 is 1.76 bits per heavy atom. The molecule has 0 spiro atoms. The molecule has 0 aromatic carbocycles. The van der Waals surface area contributed by atoms with E-state index in [-0.39, 0.29) is 11.8 Å². The summed E-state index contributed by atoms with van der Waals surface area (Å²) in [5.74, 6) is 0.0328. The minimum atomic E-state index is -0.00243. The molecule has 0 heterocycles. The molecule has 1 aliphatic carbocycles. The van der Waals surface area contributed by atoms with Crippen LogP contribution in [0.4, 0.5) is 0 Å². The fraction of sp³-hybridized carbons (Fsp3) is 0.833. The summed E-state index contributed by atoms with van der Waals surface area (Å²) in [6, 6.07) is 0.792. The molecule has 1 saturated carbocycles. The number of rotatable bonds is 8. The summed E-state index contributed by atoms with van der Waals surface area (Å²) in [4.78, 5) is 22.7. The Morgan fingerprint density at radius 3 is 2.35 bits per heavy atom. The highest BCUT2D eigenvalue weighted by molar-refractivity contribution is 5.79. The van der Waals surface area contributed by atoms with E-state index in [1.54, 1.807) is 0 Å². The molecule has 1 aliphatic rings. The quantitative estimate of drug-likeness (QED) is 0.567. The van der Waals surface area contributed by atoms with Crippen LogP contribution in [0.3, 0.4) is 0 Å². The second-order valence-corrected chi connectivity index (χ2v) is 4.80. The van der Waals surface area contributed by atoms with Crippen LogP contribution in [0.5, 0.6) is 0 Å². The second kappa shape index (κ2) is 7.27. The lowest BCUT2D eigenvalue weighted by Crippen LogP contribution is -2.33. The van der Waals surface area contributed by atoms with Gasteiger partial charge in [-0.15, -0.1) is 0 Å². The van der Waals surface area contributed by atoms with Gasteiger partial charge in [0.15, 0.2) is 0 Å². The van der Waals surface area contributed by atoms with Gasteiger partial charge < -0.3 is 16.0 Å². The van der Waals surface area contributed by atoms with Gasteiger partial charge in [0, 0.05) is 38.0 Å². The first-order valence-electron chi connectivity index (χ1n) is 6.37. The van der Waals surface area contributed by atoms with Crippen LogP contribution in [0.2, 0.25) is 0 Å². The molecule has 1 fully saturated rings. The lowest BCUT2D eigenvalue weighted by Gasteiger charge is -2.08. The van der Waals surface area contributed by atoms with Crippen LogP contribution in [-0.2, 0) is 9.59 Å². The molecule has 0 bridgehead atoms. The van der Waals surface area contributed by atoms with E-state index < -0.39 is 0 Å². The Bertz CT molecular complexity index is 262. The van der Waals surface area contributed by atoms with E-state index in [9.17, 15) is 9.59 Å². The van der Waals surface area contributed by atoms with Crippen molar-refractivity contribution < 1.29 is 9.59 Å². The molecule has 0 unspecified atom stereocenters. The van der Waals surface area contributed by atoms with Gasteiger partial charge in [-0.2, -0.15) is 0 Å². The Kier molecular flexibility index (Phi) is 5.97. The average Bonchev–Trinajstić information content (AvgIpc) is 3.01. The fourth-order valence-electron chi connectivity index (χ4n) is 1.41. The molecule has 1 rings (SSSR count). The molecule has 5 nitrogen and oxygen atoms in total. The van der Waals surface area contributed by atoms with Gasteiger partial charge in [0.05, 0.1) is 0 Å². The van der Waals surface area contributed by atoms with Crippen molar-refractivity contribution in [2.75, 3.05) is 13.1 Å². The summed E-state index contributed by atoms with van der Waals surface area (Å²) in [7, 11) is 0. The summed E-state index contributed by atoms with van der Waals surface area (Å²) in [5.41, 5.74) is 0. The van der Waals surface area contributed by atoms with Gasteiger partial charge in [0.25, 0.3) is 0 Å². The maximum atomic E-state index is 11.4. The van der Waals surface area contributed by atoms with Crippen LogP contribution in [0.25, 0.3) is 0 Å². The number of nitrogens with one attached hydrogen (secondary N) is 3. The Morgan fingerprint density at radius 1 is 1.12 bits per heavy atom. The maximum Gasteiger partial charge on any atom is 0.221 e. The molecule has 2 amide bonds. The van der Waals surface area contributed by atoms with E-state index in [0.717, 1.165) is 12.8 Å². The van der Waals surface area contributed by atoms with Crippen LogP contribution in [-0.4, -0.2) is 37.0 Å². The topological polar surface area (TPSA) is 70.2 Å². The molecular weight excluding hydrogens is 218 g/mol. The smallest absolute Gasteiger partial charge is 0.221 e. The molecule has 3 N–H and O–H groups in total. The zero-order valence-corrected chi connectivity index (χ0v) is 10.7.